The lowest BCUT2D eigenvalue weighted by Crippen LogP contribution is -2.21. The molecule has 1 aromatic rings. The molecule has 0 radical (unpaired) electrons. The summed E-state index contributed by atoms with van der Waals surface area (Å²) >= 11 is 0. The zero-order chi connectivity index (χ0) is 12.6. The predicted octanol–water partition coefficient (Wildman–Crippen LogP) is 3.29. The summed E-state index contributed by atoms with van der Waals surface area (Å²) in [6, 6.07) is 2.06. The maximum absolute atomic E-state index is 6.11. The molecule has 0 spiro atoms. The Morgan fingerprint density at radius 1 is 1.33 bits per heavy atom. The molecule has 1 fully saturated rings. The lowest BCUT2D eigenvalue weighted by atomic mass is 9.98. The standard InChI is InChI=1S/C15H24N2O/c1-2-9-16-11-13-8-10-17-12-15(13)18-14-6-4-3-5-7-14/h8,10,12,14,16H,2-7,9,11H2,1H3. The van der Waals surface area contributed by atoms with E-state index < -0.39 is 0 Å². The van der Waals surface area contributed by atoms with Crippen molar-refractivity contribution in [2.24, 2.45) is 0 Å². The molecule has 1 saturated carbocycles. The molecular formula is C15H24N2O. The Balaban J connectivity index is 1.93. The highest BCUT2D eigenvalue weighted by Crippen LogP contribution is 2.25. The van der Waals surface area contributed by atoms with Crippen LogP contribution < -0.4 is 10.1 Å². The second-order valence-electron chi connectivity index (χ2n) is 5.04. The van der Waals surface area contributed by atoms with Gasteiger partial charge in [-0.2, -0.15) is 0 Å². The highest BCUT2D eigenvalue weighted by atomic mass is 16.5. The first-order valence-electron chi connectivity index (χ1n) is 7.20. The van der Waals surface area contributed by atoms with Crippen LogP contribution in [0, 0.1) is 0 Å². The summed E-state index contributed by atoms with van der Waals surface area (Å²) < 4.78 is 6.11. The minimum absolute atomic E-state index is 0.396. The van der Waals surface area contributed by atoms with E-state index in [2.05, 4.69) is 23.3 Å². The molecule has 1 heterocycles. The molecule has 0 unspecified atom stereocenters. The Morgan fingerprint density at radius 3 is 2.94 bits per heavy atom. The summed E-state index contributed by atoms with van der Waals surface area (Å²) in [6.45, 7) is 4.10. The van der Waals surface area contributed by atoms with E-state index in [1.807, 2.05) is 12.4 Å². The molecule has 0 aromatic carbocycles. The number of ether oxygens (including phenoxy) is 1. The molecule has 0 amide bonds. The largest absolute Gasteiger partial charge is 0.488 e. The minimum Gasteiger partial charge on any atom is -0.488 e. The van der Waals surface area contributed by atoms with Gasteiger partial charge < -0.3 is 10.1 Å². The van der Waals surface area contributed by atoms with Gasteiger partial charge in [-0.15, -0.1) is 0 Å². The lowest BCUT2D eigenvalue weighted by molar-refractivity contribution is 0.153. The van der Waals surface area contributed by atoms with Crippen LogP contribution in [-0.2, 0) is 6.54 Å². The fourth-order valence-corrected chi connectivity index (χ4v) is 2.42. The molecule has 2 rings (SSSR count). The van der Waals surface area contributed by atoms with Gasteiger partial charge >= 0.3 is 0 Å². The molecule has 0 aliphatic heterocycles. The van der Waals surface area contributed by atoms with Gasteiger partial charge in [-0.25, -0.2) is 0 Å². The van der Waals surface area contributed by atoms with Crippen molar-refractivity contribution in [1.29, 1.82) is 0 Å². The smallest absolute Gasteiger partial charge is 0.142 e. The fourth-order valence-electron chi connectivity index (χ4n) is 2.42. The number of hydrogen-bond donors (Lipinski definition) is 1. The van der Waals surface area contributed by atoms with Crippen LogP contribution in [0.5, 0.6) is 5.75 Å². The molecule has 1 aliphatic rings. The average Bonchev–Trinajstić information content (AvgIpc) is 2.42. The Hall–Kier alpha value is -1.09. The number of hydrogen-bond acceptors (Lipinski definition) is 3. The van der Waals surface area contributed by atoms with E-state index in [4.69, 9.17) is 4.74 Å². The molecule has 1 N–H and O–H groups in total. The fraction of sp³-hybridized carbons (Fsp3) is 0.667. The number of aromatic nitrogens is 1. The van der Waals surface area contributed by atoms with Gasteiger partial charge in [0.05, 0.1) is 12.3 Å². The minimum atomic E-state index is 0.396. The normalized spacial score (nSPS) is 16.7. The van der Waals surface area contributed by atoms with Crippen molar-refractivity contribution < 1.29 is 4.74 Å². The Morgan fingerprint density at radius 2 is 2.17 bits per heavy atom. The maximum Gasteiger partial charge on any atom is 0.142 e. The van der Waals surface area contributed by atoms with Crippen LogP contribution in [0.15, 0.2) is 18.5 Å². The van der Waals surface area contributed by atoms with Crippen molar-refractivity contribution >= 4 is 0 Å². The van der Waals surface area contributed by atoms with Crippen LogP contribution in [0.25, 0.3) is 0 Å². The highest BCUT2D eigenvalue weighted by Gasteiger charge is 2.16. The van der Waals surface area contributed by atoms with E-state index in [0.29, 0.717) is 6.10 Å². The summed E-state index contributed by atoms with van der Waals surface area (Å²) in [5.41, 5.74) is 1.23. The van der Waals surface area contributed by atoms with Gasteiger partial charge in [0.15, 0.2) is 0 Å². The summed E-state index contributed by atoms with van der Waals surface area (Å²) in [7, 11) is 0. The first-order valence-corrected chi connectivity index (χ1v) is 7.20. The van der Waals surface area contributed by atoms with Crippen LogP contribution in [-0.4, -0.2) is 17.6 Å². The Bertz CT molecular complexity index is 348. The Labute approximate surface area is 110 Å². The molecular weight excluding hydrogens is 224 g/mol. The van der Waals surface area contributed by atoms with Gasteiger partial charge in [-0.1, -0.05) is 13.3 Å². The van der Waals surface area contributed by atoms with E-state index in [1.54, 1.807) is 0 Å². The van der Waals surface area contributed by atoms with Crippen LogP contribution in [0.3, 0.4) is 0 Å². The Kier molecular flexibility index (Phi) is 5.46. The molecule has 1 aliphatic carbocycles. The van der Waals surface area contributed by atoms with Crippen molar-refractivity contribution in [1.82, 2.24) is 10.3 Å². The third-order valence-corrected chi connectivity index (χ3v) is 3.46. The summed E-state index contributed by atoms with van der Waals surface area (Å²) in [4.78, 5) is 4.19. The van der Waals surface area contributed by atoms with Gasteiger partial charge in [0, 0.05) is 18.3 Å². The monoisotopic (exact) mass is 248 g/mol. The van der Waals surface area contributed by atoms with Gasteiger partial charge in [-0.3, -0.25) is 4.98 Å². The van der Waals surface area contributed by atoms with Crippen molar-refractivity contribution in [3.8, 4) is 5.75 Å². The van der Waals surface area contributed by atoms with E-state index >= 15 is 0 Å². The SMILES string of the molecule is CCCNCc1ccncc1OC1CCCCC1. The van der Waals surface area contributed by atoms with E-state index in [1.165, 1.54) is 37.7 Å². The van der Waals surface area contributed by atoms with Crippen LogP contribution >= 0.6 is 0 Å². The van der Waals surface area contributed by atoms with Gasteiger partial charge in [0.25, 0.3) is 0 Å². The molecule has 0 bridgehead atoms. The highest BCUT2D eigenvalue weighted by molar-refractivity contribution is 5.29. The van der Waals surface area contributed by atoms with Crippen LogP contribution in [0.1, 0.15) is 51.0 Å². The molecule has 100 valence electrons. The molecule has 0 saturated heterocycles. The number of nitrogens with one attached hydrogen (secondary N) is 1. The summed E-state index contributed by atoms with van der Waals surface area (Å²) in [6.07, 6.45) is 11.6. The van der Waals surface area contributed by atoms with Gasteiger partial charge in [0.1, 0.15) is 5.75 Å². The summed E-state index contributed by atoms with van der Waals surface area (Å²) in [5.74, 6) is 0.966. The second-order valence-corrected chi connectivity index (χ2v) is 5.04. The van der Waals surface area contributed by atoms with Crippen molar-refractivity contribution in [2.45, 2.75) is 58.1 Å². The average molecular weight is 248 g/mol. The number of pyridine rings is 1. The van der Waals surface area contributed by atoms with E-state index in [9.17, 15) is 0 Å². The van der Waals surface area contributed by atoms with E-state index in [0.717, 1.165) is 25.3 Å². The first kappa shape index (κ1) is 13.3. The lowest BCUT2D eigenvalue weighted by Gasteiger charge is -2.24. The third-order valence-electron chi connectivity index (χ3n) is 3.46. The molecule has 3 heteroatoms. The van der Waals surface area contributed by atoms with Gasteiger partial charge in [0.2, 0.25) is 0 Å². The molecule has 0 atom stereocenters. The topological polar surface area (TPSA) is 34.2 Å². The zero-order valence-electron chi connectivity index (χ0n) is 11.3. The number of rotatable bonds is 6. The van der Waals surface area contributed by atoms with Crippen LogP contribution in [0.4, 0.5) is 0 Å². The molecule has 1 aromatic heterocycles. The predicted molar refractivity (Wildman–Crippen MR) is 73.7 cm³/mol. The van der Waals surface area contributed by atoms with Crippen molar-refractivity contribution in [3.05, 3.63) is 24.0 Å². The summed E-state index contributed by atoms with van der Waals surface area (Å²) in [5, 5.41) is 3.42. The van der Waals surface area contributed by atoms with Gasteiger partial charge in [-0.05, 0) is 44.7 Å². The first-order chi connectivity index (χ1) is 8.90. The zero-order valence-corrected chi connectivity index (χ0v) is 11.3. The quantitative estimate of drug-likeness (QED) is 0.784. The van der Waals surface area contributed by atoms with Crippen molar-refractivity contribution in [3.63, 3.8) is 0 Å². The second kappa shape index (κ2) is 7.37. The third kappa shape index (κ3) is 3.98. The van der Waals surface area contributed by atoms with E-state index in [-0.39, 0.29) is 0 Å². The maximum atomic E-state index is 6.11. The molecule has 3 nitrogen and oxygen atoms in total. The molecule has 18 heavy (non-hydrogen) atoms. The van der Waals surface area contributed by atoms with Crippen LogP contribution in [0.2, 0.25) is 0 Å². The van der Waals surface area contributed by atoms with Crippen molar-refractivity contribution in [2.75, 3.05) is 6.54 Å². The number of nitrogens with zero attached hydrogens (tertiary/aromatic N) is 1.